The number of halogens is 3. The zero-order valence-electron chi connectivity index (χ0n) is 6.34. The summed E-state index contributed by atoms with van der Waals surface area (Å²) in [7, 11) is 0. The van der Waals surface area contributed by atoms with Gasteiger partial charge in [0, 0.05) is 0 Å². The van der Waals surface area contributed by atoms with Crippen LogP contribution in [0.25, 0.3) is 0 Å². The summed E-state index contributed by atoms with van der Waals surface area (Å²) in [5.74, 6) is 0. The van der Waals surface area contributed by atoms with Crippen LogP contribution in [0, 0.1) is 0 Å². The molecule has 0 heterocycles. The van der Waals surface area contributed by atoms with Crippen LogP contribution in [-0.2, 0) is 9.22 Å². The summed E-state index contributed by atoms with van der Waals surface area (Å²) in [6, 6.07) is 0. The van der Waals surface area contributed by atoms with Gasteiger partial charge in [0.25, 0.3) is 0 Å². The Kier molecular flexibility index (Phi) is 8.86. The Morgan fingerprint density at radius 3 is 2.33 bits per heavy atom. The summed E-state index contributed by atoms with van der Waals surface area (Å²) in [6.07, 6.45) is -4.49. The van der Waals surface area contributed by atoms with Gasteiger partial charge in [-0.25, -0.2) is 0 Å². The predicted molar refractivity (Wildman–Crippen MR) is 29.6 cm³/mol. The standard InChI is InChI=1S/C4H5F3O3S.Na/c1-3(2-8)11-10-9-4(5,6)7;/h2,8H,1H3;/q;+1/p-1/b3-2+;. The quantitative estimate of drug-likeness (QED) is 0.184. The fraction of sp³-hybridized carbons (Fsp3) is 0.500. The Morgan fingerprint density at radius 2 is 2.00 bits per heavy atom. The third-order valence-electron chi connectivity index (χ3n) is 0.460. The molecule has 0 rings (SSSR count). The molecule has 0 saturated carbocycles. The van der Waals surface area contributed by atoms with Crippen molar-refractivity contribution in [3.8, 4) is 0 Å². The Labute approximate surface area is 93.3 Å². The molecule has 0 bridgehead atoms. The van der Waals surface area contributed by atoms with Gasteiger partial charge in [-0.2, -0.15) is 4.33 Å². The van der Waals surface area contributed by atoms with Gasteiger partial charge in [0.2, 0.25) is 0 Å². The monoisotopic (exact) mass is 212 g/mol. The molecule has 0 aromatic heterocycles. The van der Waals surface area contributed by atoms with Gasteiger partial charge in [0.05, 0.1) is 12.0 Å². The van der Waals surface area contributed by atoms with Crippen molar-refractivity contribution in [2.75, 3.05) is 0 Å². The molecule has 66 valence electrons. The second-order valence-electron chi connectivity index (χ2n) is 1.41. The number of rotatable bonds is 3. The smallest absolute Gasteiger partial charge is 0.877 e. The molecule has 0 unspecified atom stereocenters. The summed E-state index contributed by atoms with van der Waals surface area (Å²) < 4.78 is 37.0. The Hall–Kier alpha value is 0.600. The molecule has 0 N–H and O–H groups in total. The molecule has 0 aliphatic rings. The first-order valence-electron chi connectivity index (χ1n) is 2.33. The molecule has 0 atom stereocenters. The van der Waals surface area contributed by atoms with Crippen molar-refractivity contribution in [2.45, 2.75) is 13.3 Å². The van der Waals surface area contributed by atoms with Crippen LogP contribution in [-0.4, -0.2) is 6.36 Å². The summed E-state index contributed by atoms with van der Waals surface area (Å²) in [4.78, 5) is 2.92. The molecule has 0 radical (unpaired) electrons. The first-order valence-corrected chi connectivity index (χ1v) is 3.07. The van der Waals surface area contributed by atoms with E-state index >= 15 is 0 Å². The van der Waals surface area contributed by atoms with E-state index in [1.54, 1.807) is 0 Å². The average molecular weight is 212 g/mol. The van der Waals surface area contributed by atoms with E-state index in [0.29, 0.717) is 6.26 Å². The summed E-state index contributed by atoms with van der Waals surface area (Å²) in [5.41, 5.74) is 0. The molecule has 8 heteroatoms. The van der Waals surface area contributed by atoms with Gasteiger partial charge in [0.1, 0.15) is 0 Å². The van der Waals surface area contributed by atoms with Crippen LogP contribution < -0.4 is 34.7 Å². The normalized spacial score (nSPS) is 12.5. The van der Waals surface area contributed by atoms with Crippen LogP contribution in [0.3, 0.4) is 0 Å². The molecule has 0 aromatic rings. The van der Waals surface area contributed by atoms with E-state index in [-0.39, 0.29) is 46.5 Å². The van der Waals surface area contributed by atoms with E-state index in [9.17, 15) is 18.3 Å². The van der Waals surface area contributed by atoms with Crippen molar-refractivity contribution in [1.29, 1.82) is 0 Å². The van der Waals surface area contributed by atoms with Crippen molar-refractivity contribution in [2.24, 2.45) is 0 Å². The van der Waals surface area contributed by atoms with Gasteiger partial charge < -0.3 is 5.11 Å². The molecule has 0 amide bonds. The Morgan fingerprint density at radius 1 is 1.50 bits per heavy atom. The second kappa shape index (κ2) is 7.05. The van der Waals surface area contributed by atoms with Crippen LogP contribution >= 0.6 is 12.0 Å². The van der Waals surface area contributed by atoms with Crippen LogP contribution in [0.15, 0.2) is 11.2 Å². The van der Waals surface area contributed by atoms with Gasteiger partial charge in [0.15, 0.2) is 0 Å². The minimum absolute atomic E-state index is 0. The largest absolute Gasteiger partial charge is 1.00 e. The summed E-state index contributed by atoms with van der Waals surface area (Å²) in [5, 5.41) is 9.79. The minimum Gasteiger partial charge on any atom is -0.877 e. The van der Waals surface area contributed by atoms with E-state index in [1.165, 1.54) is 6.92 Å². The maximum Gasteiger partial charge on any atom is 1.00 e. The molecule has 0 aromatic carbocycles. The number of hydrogen-bond donors (Lipinski definition) is 0. The molecular weight excluding hydrogens is 208 g/mol. The third-order valence-corrected chi connectivity index (χ3v) is 0.955. The predicted octanol–water partition coefficient (Wildman–Crippen LogP) is -1.67. The molecule has 0 aliphatic heterocycles. The van der Waals surface area contributed by atoms with Gasteiger partial charge in [-0.05, 0) is 11.8 Å². The van der Waals surface area contributed by atoms with E-state index in [2.05, 4.69) is 9.22 Å². The van der Waals surface area contributed by atoms with E-state index < -0.39 is 6.36 Å². The zero-order chi connectivity index (χ0) is 8.91. The Bertz CT molecular complexity index is 149. The average Bonchev–Trinajstić information content (AvgIpc) is 1.85. The molecular formula is C4H4F3NaO3S. The molecule has 0 aliphatic carbocycles. The van der Waals surface area contributed by atoms with Crippen molar-refractivity contribution in [1.82, 2.24) is 0 Å². The summed E-state index contributed by atoms with van der Waals surface area (Å²) in [6.45, 7) is 1.29. The van der Waals surface area contributed by atoms with Gasteiger partial charge >= 0.3 is 35.9 Å². The van der Waals surface area contributed by atoms with Crippen molar-refractivity contribution in [3.05, 3.63) is 11.2 Å². The summed E-state index contributed by atoms with van der Waals surface area (Å²) >= 11 is 0.210. The van der Waals surface area contributed by atoms with E-state index in [0.717, 1.165) is 0 Å². The van der Waals surface area contributed by atoms with Gasteiger partial charge in [-0.1, -0.05) is 0 Å². The molecule has 12 heavy (non-hydrogen) atoms. The van der Waals surface area contributed by atoms with Crippen LogP contribution in [0.2, 0.25) is 0 Å². The maximum atomic E-state index is 11.2. The SMILES string of the molecule is C/C(=C\[O-])SOOC(F)(F)F.[Na+]. The first-order chi connectivity index (χ1) is 4.95. The number of alkyl halides is 3. The van der Waals surface area contributed by atoms with Crippen molar-refractivity contribution >= 4 is 12.0 Å². The number of hydrogen-bond acceptors (Lipinski definition) is 4. The van der Waals surface area contributed by atoms with E-state index in [1.807, 2.05) is 0 Å². The maximum absolute atomic E-state index is 11.2. The van der Waals surface area contributed by atoms with E-state index in [4.69, 9.17) is 0 Å². The number of allylic oxidation sites excluding steroid dienone is 1. The molecule has 0 fully saturated rings. The van der Waals surface area contributed by atoms with Gasteiger partial charge in [-0.15, -0.1) is 24.3 Å². The topological polar surface area (TPSA) is 41.5 Å². The van der Waals surface area contributed by atoms with Crippen molar-refractivity contribution < 1.29 is 57.1 Å². The zero-order valence-corrected chi connectivity index (χ0v) is 9.16. The second-order valence-corrected chi connectivity index (χ2v) is 2.36. The fourth-order valence-corrected chi connectivity index (χ4v) is 0.387. The first kappa shape index (κ1) is 15.1. The fourth-order valence-electron chi connectivity index (χ4n) is 0.129. The Balaban J connectivity index is 0. The van der Waals surface area contributed by atoms with Crippen molar-refractivity contribution in [3.63, 3.8) is 0 Å². The van der Waals surface area contributed by atoms with Crippen LogP contribution in [0.5, 0.6) is 0 Å². The van der Waals surface area contributed by atoms with Crippen LogP contribution in [0.1, 0.15) is 6.92 Å². The third kappa shape index (κ3) is 10.6. The van der Waals surface area contributed by atoms with Crippen LogP contribution in [0.4, 0.5) is 13.2 Å². The molecule has 0 saturated heterocycles. The molecule has 0 spiro atoms. The molecule has 3 nitrogen and oxygen atoms in total. The minimum atomic E-state index is -4.84. The van der Waals surface area contributed by atoms with Gasteiger partial charge in [-0.3, -0.25) is 0 Å².